The molecule has 0 aliphatic carbocycles. The second kappa shape index (κ2) is 12.4. The molecule has 15 nitrogen and oxygen atoms in total. The minimum absolute atomic E-state index is 0.0408. The van der Waals surface area contributed by atoms with Crippen LogP contribution in [0.1, 0.15) is 22.3 Å². The number of rotatable bonds is 13. The van der Waals surface area contributed by atoms with Crippen LogP contribution in [0.15, 0.2) is 48.5 Å². The first kappa shape index (κ1) is 28.7. The minimum Gasteiger partial charge on any atom is -0.481 e. The lowest BCUT2D eigenvalue weighted by molar-refractivity contribution is -0.149. The summed E-state index contributed by atoms with van der Waals surface area (Å²) in [5.74, 6) is -5.98. The van der Waals surface area contributed by atoms with Gasteiger partial charge in [-0.2, -0.15) is 17.4 Å². The summed E-state index contributed by atoms with van der Waals surface area (Å²) in [6.45, 7) is -1.68. The summed E-state index contributed by atoms with van der Waals surface area (Å²) < 4.78 is 32.6. The molecular formula is C21H23N5O10S. The van der Waals surface area contributed by atoms with E-state index in [-0.39, 0.29) is 21.6 Å². The molecule has 0 spiro atoms. The Morgan fingerprint density at radius 3 is 2.05 bits per heavy atom. The zero-order valence-electron chi connectivity index (χ0n) is 18.9. The monoisotopic (exact) mass is 537 g/mol. The summed E-state index contributed by atoms with van der Waals surface area (Å²) >= 11 is 0. The van der Waals surface area contributed by atoms with Crippen molar-refractivity contribution in [2.45, 2.75) is 19.0 Å². The second-order valence-electron chi connectivity index (χ2n) is 7.37. The van der Waals surface area contributed by atoms with Gasteiger partial charge in [-0.05, 0) is 42.0 Å². The van der Waals surface area contributed by atoms with E-state index in [1.165, 1.54) is 48.5 Å². The number of hydrogen-bond acceptors (Lipinski definition) is 8. The number of hydrogen-bond donors (Lipinski definition) is 7. The Morgan fingerprint density at radius 1 is 0.973 bits per heavy atom. The lowest BCUT2D eigenvalue weighted by atomic mass is 10.2. The van der Waals surface area contributed by atoms with E-state index in [2.05, 4.69) is 5.32 Å². The summed E-state index contributed by atoms with van der Waals surface area (Å²) in [4.78, 5) is 45.8. The fourth-order valence-corrected chi connectivity index (χ4v) is 4.21. The lowest BCUT2D eigenvalue weighted by Gasteiger charge is -2.25. The van der Waals surface area contributed by atoms with Gasteiger partial charge in [0.15, 0.2) is 5.96 Å². The van der Waals surface area contributed by atoms with Crippen molar-refractivity contribution in [3.8, 4) is 5.75 Å². The molecule has 0 bridgehead atoms. The molecule has 0 aliphatic rings. The van der Waals surface area contributed by atoms with Crippen molar-refractivity contribution in [1.29, 1.82) is 5.41 Å². The molecule has 8 N–H and O–H groups in total. The van der Waals surface area contributed by atoms with Gasteiger partial charge < -0.3 is 31.1 Å². The molecule has 2 aromatic carbocycles. The lowest BCUT2D eigenvalue weighted by Crippen LogP contribution is -2.52. The van der Waals surface area contributed by atoms with Crippen molar-refractivity contribution >= 4 is 45.7 Å². The van der Waals surface area contributed by atoms with E-state index in [0.717, 1.165) is 0 Å². The van der Waals surface area contributed by atoms with Crippen LogP contribution < -0.4 is 20.5 Å². The molecule has 37 heavy (non-hydrogen) atoms. The number of carboxylic acid groups (broad SMARTS) is 3. The van der Waals surface area contributed by atoms with Gasteiger partial charge in [0.2, 0.25) is 0 Å². The summed E-state index contributed by atoms with van der Waals surface area (Å²) in [5, 5.41) is 36.9. The predicted molar refractivity (Wildman–Crippen MR) is 127 cm³/mol. The van der Waals surface area contributed by atoms with Crippen LogP contribution in [-0.2, 0) is 31.1 Å². The normalized spacial score (nSPS) is 11.9. The van der Waals surface area contributed by atoms with Gasteiger partial charge in [-0.1, -0.05) is 12.1 Å². The largest absolute Gasteiger partial charge is 0.481 e. The average Bonchev–Trinajstić information content (AvgIpc) is 2.80. The number of esters is 1. The first-order valence-electron chi connectivity index (χ1n) is 10.2. The molecule has 0 aromatic heterocycles. The Hall–Kier alpha value is -4.54. The van der Waals surface area contributed by atoms with Gasteiger partial charge >= 0.3 is 23.9 Å². The molecule has 0 unspecified atom stereocenters. The van der Waals surface area contributed by atoms with Crippen LogP contribution >= 0.6 is 0 Å². The third-order valence-corrected chi connectivity index (χ3v) is 6.10. The Kier molecular flexibility index (Phi) is 9.64. The Labute approximate surface area is 210 Å². The molecule has 0 saturated heterocycles. The van der Waals surface area contributed by atoms with Crippen LogP contribution in [0.4, 0.5) is 5.69 Å². The van der Waals surface area contributed by atoms with Gasteiger partial charge in [-0.3, -0.25) is 19.8 Å². The van der Waals surface area contributed by atoms with Crippen molar-refractivity contribution in [2.75, 3.05) is 11.9 Å². The maximum atomic E-state index is 12.6. The number of anilines is 1. The van der Waals surface area contributed by atoms with E-state index in [4.69, 9.17) is 26.1 Å². The molecule has 2 aromatic rings. The van der Waals surface area contributed by atoms with Crippen molar-refractivity contribution in [2.24, 2.45) is 5.73 Å². The predicted octanol–water partition coefficient (Wildman–Crippen LogP) is -0.140. The van der Waals surface area contributed by atoms with Crippen LogP contribution in [0, 0.1) is 5.41 Å². The Morgan fingerprint density at radius 2 is 1.57 bits per heavy atom. The van der Waals surface area contributed by atoms with Gasteiger partial charge in [-0.25, -0.2) is 4.79 Å². The van der Waals surface area contributed by atoms with Crippen LogP contribution in [0.2, 0.25) is 0 Å². The average molecular weight is 538 g/mol. The maximum absolute atomic E-state index is 12.6. The third-order valence-electron chi connectivity index (χ3n) is 4.59. The van der Waals surface area contributed by atoms with Crippen molar-refractivity contribution < 1.29 is 47.7 Å². The number of carboxylic acids is 3. The molecule has 2 rings (SSSR count). The minimum atomic E-state index is -4.74. The van der Waals surface area contributed by atoms with Gasteiger partial charge in [0.25, 0.3) is 10.2 Å². The van der Waals surface area contributed by atoms with E-state index in [0.29, 0.717) is 11.3 Å². The van der Waals surface area contributed by atoms with Crippen LogP contribution in [0.3, 0.4) is 0 Å². The van der Waals surface area contributed by atoms with Crippen molar-refractivity contribution in [3.63, 3.8) is 0 Å². The van der Waals surface area contributed by atoms with Gasteiger partial charge in [0, 0.05) is 12.2 Å². The number of nitrogens with one attached hydrogen (secondary N) is 3. The second-order valence-corrected chi connectivity index (χ2v) is 9.07. The zero-order valence-corrected chi connectivity index (χ0v) is 19.8. The first-order chi connectivity index (χ1) is 17.3. The number of ether oxygens (including phenoxy) is 1. The number of aliphatic carboxylic acids is 3. The summed E-state index contributed by atoms with van der Waals surface area (Å²) in [5.41, 5.74) is 6.27. The third kappa shape index (κ3) is 8.88. The standard InChI is InChI=1S/C21H23N5O10S/c22-21(23)25-14-5-3-13(4-6-14)20(33)36-15-7-1-12(2-8-15)10-24-37(34,35)26(11-18(29)30)16(19(31)32)9-17(27)28/h1-8,16,24H,9-11H2,(H,27,28)(H,29,30)(H,31,32)(H4,22,23,25)/t16-/m0/s1. The number of nitrogens with zero attached hydrogens (tertiary/aromatic N) is 1. The topological polar surface area (TPSA) is 250 Å². The summed E-state index contributed by atoms with van der Waals surface area (Å²) in [6.07, 6.45) is -1.15. The van der Waals surface area contributed by atoms with Crippen molar-refractivity contribution in [3.05, 3.63) is 59.7 Å². The smallest absolute Gasteiger partial charge is 0.343 e. The van der Waals surface area contributed by atoms with E-state index < -0.39 is 59.6 Å². The van der Waals surface area contributed by atoms with Crippen LogP contribution in [0.5, 0.6) is 5.75 Å². The first-order valence-corrected chi connectivity index (χ1v) is 11.7. The van der Waals surface area contributed by atoms with Crippen LogP contribution in [-0.4, -0.2) is 70.5 Å². The highest BCUT2D eigenvalue weighted by Crippen LogP contribution is 2.17. The molecular weight excluding hydrogens is 514 g/mol. The van der Waals surface area contributed by atoms with Gasteiger partial charge in [0.1, 0.15) is 18.3 Å². The molecule has 0 radical (unpaired) electrons. The number of benzene rings is 2. The molecule has 1 atom stereocenters. The highest BCUT2D eigenvalue weighted by atomic mass is 32.2. The van der Waals surface area contributed by atoms with Crippen LogP contribution in [0.25, 0.3) is 0 Å². The zero-order chi connectivity index (χ0) is 27.8. The fraction of sp³-hybridized carbons (Fsp3) is 0.190. The van der Waals surface area contributed by atoms with E-state index in [1.807, 2.05) is 4.72 Å². The number of guanidine groups is 1. The summed E-state index contributed by atoms with van der Waals surface area (Å²) in [7, 11) is -4.74. The maximum Gasteiger partial charge on any atom is 0.343 e. The Bertz CT molecular complexity index is 1280. The molecule has 0 heterocycles. The summed E-state index contributed by atoms with van der Waals surface area (Å²) in [6, 6.07) is 9.33. The SMILES string of the molecule is N=C(N)Nc1ccc(C(=O)Oc2ccc(CNS(=O)(=O)N(CC(=O)O)[C@@H](CC(=O)O)C(=O)O)cc2)cc1. The molecule has 198 valence electrons. The van der Waals surface area contributed by atoms with Crippen molar-refractivity contribution in [1.82, 2.24) is 9.03 Å². The van der Waals surface area contributed by atoms with E-state index in [1.54, 1.807) is 0 Å². The van der Waals surface area contributed by atoms with E-state index >= 15 is 0 Å². The fourth-order valence-electron chi connectivity index (χ4n) is 2.92. The Balaban J connectivity index is 2.07. The molecule has 0 saturated carbocycles. The number of carbonyl (C=O) groups is 4. The van der Waals surface area contributed by atoms with Gasteiger partial charge in [0.05, 0.1) is 12.0 Å². The molecule has 16 heteroatoms. The molecule has 0 amide bonds. The van der Waals surface area contributed by atoms with Gasteiger partial charge in [-0.15, -0.1) is 0 Å². The highest BCUT2D eigenvalue weighted by Gasteiger charge is 2.37. The number of carbonyl (C=O) groups excluding carboxylic acids is 1. The molecule has 0 aliphatic heterocycles. The quantitative estimate of drug-likeness (QED) is 0.0763. The van der Waals surface area contributed by atoms with E-state index in [9.17, 15) is 32.7 Å². The number of nitrogens with two attached hydrogens (primary N) is 1. The molecule has 0 fully saturated rings. The highest BCUT2D eigenvalue weighted by molar-refractivity contribution is 7.87.